The van der Waals surface area contributed by atoms with Crippen LogP contribution in [0.5, 0.6) is 5.75 Å². The van der Waals surface area contributed by atoms with E-state index in [1.54, 1.807) is 30.3 Å². The van der Waals surface area contributed by atoms with Crippen LogP contribution < -0.4 is 14.4 Å². The summed E-state index contributed by atoms with van der Waals surface area (Å²) in [6.45, 7) is 1.60. The summed E-state index contributed by atoms with van der Waals surface area (Å²) in [6.07, 6.45) is 4.87. The third-order valence-corrected chi connectivity index (χ3v) is 9.69. The molecule has 4 rings (SSSR count). The number of amides is 2. The van der Waals surface area contributed by atoms with Crippen LogP contribution in [0.25, 0.3) is 0 Å². The molecule has 0 aromatic heterocycles. The Morgan fingerprint density at radius 2 is 1.64 bits per heavy atom. The second-order valence-corrected chi connectivity index (χ2v) is 12.6. The Morgan fingerprint density at radius 3 is 2.24 bits per heavy atom. The Labute approximate surface area is 253 Å². The number of nitrogens with one attached hydrogen (secondary N) is 1. The number of benzene rings is 3. The van der Waals surface area contributed by atoms with Crippen molar-refractivity contribution in [1.82, 2.24) is 10.2 Å². The first-order chi connectivity index (χ1) is 20.2. The van der Waals surface area contributed by atoms with E-state index in [-0.39, 0.29) is 34.1 Å². The second-order valence-electron chi connectivity index (χ2n) is 10.4. The maximum absolute atomic E-state index is 14.2. The van der Waals surface area contributed by atoms with Gasteiger partial charge < -0.3 is 15.0 Å². The van der Waals surface area contributed by atoms with E-state index in [4.69, 9.17) is 16.3 Å². The van der Waals surface area contributed by atoms with Crippen molar-refractivity contribution in [2.75, 3.05) is 24.5 Å². The van der Waals surface area contributed by atoms with E-state index in [1.165, 1.54) is 30.2 Å². The summed E-state index contributed by atoms with van der Waals surface area (Å²) < 4.78 is 34.2. The molecule has 0 bridgehead atoms. The molecule has 0 saturated heterocycles. The summed E-state index contributed by atoms with van der Waals surface area (Å²) >= 11 is 6.39. The highest BCUT2D eigenvalue weighted by atomic mass is 35.5. The Hall–Kier alpha value is -3.56. The lowest BCUT2D eigenvalue weighted by Gasteiger charge is -2.33. The van der Waals surface area contributed by atoms with Gasteiger partial charge >= 0.3 is 0 Å². The van der Waals surface area contributed by atoms with Gasteiger partial charge in [0.2, 0.25) is 11.8 Å². The van der Waals surface area contributed by atoms with Crippen molar-refractivity contribution >= 4 is 39.1 Å². The molecule has 0 heterocycles. The number of nitrogens with zero attached hydrogens (tertiary/aromatic N) is 2. The molecule has 42 heavy (non-hydrogen) atoms. The lowest BCUT2D eigenvalue weighted by Crippen LogP contribution is -2.54. The van der Waals surface area contributed by atoms with Gasteiger partial charge in [0, 0.05) is 12.6 Å². The first-order valence-electron chi connectivity index (χ1n) is 14.3. The number of ether oxygens (including phenoxy) is 1. The molecule has 1 fully saturated rings. The van der Waals surface area contributed by atoms with Gasteiger partial charge in [-0.3, -0.25) is 13.9 Å². The average molecular weight is 612 g/mol. The summed E-state index contributed by atoms with van der Waals surface area (Å²) in [6, 6.07) is 21.6. The van der Waals surface area contributed by atoms with Crippen LogP contribution in [0, 0.1) is 0 Å². The summed E-state index contributed by atoms with van der Waals surface area (Å²) in [4.78, 5) is 29.2. The maximum atomic E-state index is 14.2. The number of anilines is 1. The molecule has 0 radical (unpaired) electrons. The standard InChI is InChI=1S/C32H38ClN3O5S/c1-3-29(32(38)34-25-14-10-11-15-25)35(21-20-24-12-6-4-7-13-24)31(37)23-36(26-18-19-30(41-2)28(33)22-26)42(39,40)27-16-8-5-9-17-27/h4-9,12-13,16-19,22,25,29H,3,10-11,14-15,20-21,23H2,1-2H3,(H,34,38). The minimum absolute atomic E-state index is 0.0339. The molecule has 8 nitrogen and oxygen atoms in total. The topological polar surface area (TPSA) is 96.0 Å². The van der Waals surface area contributed by atoms with Gasteiger partial charge in [0.15, 0.2) is 0 Å². The molecule has 3 aromatic rings. The zero-order valence-corrected chi connectivity index (χ0v) is 25.6. The van der Waals surface area contributed by atoms with Gasteiger partial charge in [-0.15, -0.1) is 0 Å². The van der Waals surface area contributed by atoms with Crippen LogP contribution in [0.4, 0.5) is 5.69 Å². The summed E-state index contributed by atoms with van der Waals surface area (Å²) in [5, 5.41) is 3.34. The molecule has 3 aromatic carbocycles. The van der Waals surface area contributed by atoms with Crippen molar-refractivity contribution in [1.29, 1.82) is 0 Å². The highest BCUT2D eigenvalue weighted by molar-refractivity contribution is 7.92. The van der Waals surface area contributed by atoms with Crippen molar-refractivity contribution in [3.63, 3.8) is 0 Å². The molecule has 1 aliphatic rings. The zero-order valence-electron chi connectivity index (χ0n) is 24.0. The van der Waals surface area contributed by atoms with Crippen LogP contribution in [0.2, 0.25) is 5.02 Å². The molecular formula is C32H38ClN3O5S. The fourth-order valence-electron chi connectivity index (χ4n) is 5.32. The summed E-state index contributed by atoms with van der Waals surface area (Å²) in [5.74, 6) is -0.315. The molecule has 2 amide bonds. The van der Waals surface area contributed by atoms with E-state index in [1.807, 2.05) is 37.3 Å². The van der Waals surface area contributed by atoms with Crippen molar-refractivity contribution < 1.29 is 22.7 Å². The minimum Gasteiger partial charge on any atom is -0.495 e. The largest absolute Gasteiger partial charge is 0.495 e. The van der Waals surface area contributed by atoms with Gasteiger partial charge in [-0.25, -0.2) is 8.42 Å². The van der Waals surface area contributed by atoms with Gasteiger partial charge in [0.25, 0.3) is 10.0 Å². The third-order valence-electron chi connectivity index (χ3n) is 7.61. The highest BCUT2D eigenvalue weighted by Crippen LogP contribution is 2.32. The van der Waals surface area contributed by atoms with Crippen molar-refractivity contribution in [2.45, 2.75) is 62.4 Å². The zero-order chi connectivity index (χ0) is 30.1. The molecule has 1 atom stereocenters. The first kappa shape index (κ1) is 31.4. The quantitative estimate of drug-likeness (QED) is 0.277. The maximum Gasteiger partial charge on any atom is 0.264 e. The third kappa shape index (κ3) is 7.63. The molecule has 1 unspecified atom stereocenters. The molecule has 1 N–H and O–H groups in total. The molecule has 10 heteroatoms. The average Bonchev–Trinajstić information content (AvgIpc) is 3.51. The smallest absolute Gasteiger partial charge is 0.264 e. The number of halogens is 1. The SMILES string of the molecule is CCC(C(=O)NC1CCCC1)N(CCc1ccccc1)C(=O)CN(c1ccc(OC)c(Cl)c1)S(=O)(=O)c1ccccc1. The molecule has 1 saturated carbocycles. The lowest BCUT2D eigenvalue weighted by molar-refractivity contribution is -0.139. The number of carbonyl (C=O) groups is 2. The van der Waals surface area contributed by atoms with Crippen LogP contribution in [0.3, 0.4) is 0 Å². The fourth-order valence-corrected chi connectivity index (χ4v) is 7.00. The summed E-state index contributed by atoms with van der Waals surface area (Å²) in [5.41, 5.74) is 1.22. The van der Waals surface area contributed by atoms with Gasteiger partial charge in [-0.2, -0.15) is 0 Å². The van der Waals surface area contributed by atoms with E-state index in [9.17, 15) is 18.0 Å². The number of rotatable bonds is 13. The molecule has 0 spiro atoms. The highest BCUT2D eigenvalue weighted by Gasteiger charge is 2.34. The van der Waals surface area contributed by atoms with Gasteiger partial charge in [0.1, 0.15) is 18.3 Å². The van der Waals surface area contributed by atoms with E-state index < -0.39 is 28.5 Å². The van der Waals surface area contributed by atoms with E-state index in [2.05, 4.69) is 5.32 Å². The van der Waals surface area contributed by atoms with Crippen LogP contribution in [0.1, 0.15) is 44.6 Å². The number of sulfonamides is 1. The van der Waals surface area contributed by atoms with Gasteiger partial charge in [-0.05, 0) is 61.6 Å². The predicted molar refractivity (Wildman–Crippen MR) is 165 cm³/mol. The van der Waals surface area contributed by atoms with Crippen LogP contribution >= 0.6 is 11.6 Å². The Balaban J connectivity index is 1.69. The van der Waals surface area contributed by atoms with Crippen LogP contribution in [-0.2, 0) is 26.0 Å². The van der Waals surface area contributed by atoms with E-state index in [0.717, 1.165) is 35.6 Å². The Kier molecular flexibility index (Phi) is 10.9. The first-order valence-corrected chi connectivity index (χ1v) is 16.1. The molecule has 1 aliphatic carbocycles. The fraction of sp³-hybridized carbons (Fsp3) is 0.375. The molecule has 0 aliphatic heterocycles. The number of hydrogen-bond acceptors (Lipinski definition) is 5. The number of methoxy groups -OCH3 is 1. The van der Waals surface area contributed by atoms with Crippen LogP contribution in [-0.4, -0.2) is 57.4 Å². The van der Waals surface area contributed by atoms with Crippen molar-refractivity contribution in [2.24, 2.45) is 0 Å². The second kappa shape index (κ2) is 14.6. The normalized spacial score (nSPS) is 14.3. The van der Waals surface area contributed by atoms with E-state index in [0.29, 0.717) is 18.6 Å². The van der Waals surface area contributed by atoms with Gasteiger partial charge in [-0.1, -0.05) is 79.9 Å². The van der Waals surface area contributed by atoms with Crippen LogP contribution in [0.15, 0.2) is 83.8 Å². The van der Waals surface area contributed by atoms with E-state index >= 15 is 0 Å². The van der Waals surface area contributed by atoms with Crippen molar-refractivity contribution in [3.05, 3.63) is 89.4 Å². The monoisotopic (exact) mass is 611 g/mol. The number of carbonyl (C=O) groups excluding carboxylic acids is 2. The predicted octanol–water partition coefficient (Wildman–Crippen LogP) is 5.45. The van der Waals surface area contributed by atoms with Crippen molar-refractivity contribution in [3.8, 4) is 5.75 Å². The minimum atomic E-state index is -4.17. The Bertz CT molecular complexity index is 1450. The number of hydrogen-bond donors (Lipinski definition) is 1. The Morgan fingerprint density at radius 1 is 1.00 bits per heavy atom. The lowest BCUT2D eigenvalue weighted by atomic mass is 10.1. The molecular weight excluding hydrogens is 574 g/mol. The van der Waals surface area contributed by atoms with Gasteiger partial charge in [0.05, 0.1) is 22.7 Å². The summed E-state index contributed by atoms with van der Waals surface area (Å²) in [7, 11) is -2.70. The molecule has 224 valence electrons.